The van der Waals surface area contributed by atoms with Crippen molar-refractivity contribution in [1.29, 1.82) is 0 Å². The van der Waals surface area contributed by atoms with E-state index in [-0.39, 0.29) is 0 Å². The lowest BCUT2D eigenvalue weighted by Gasteiger charge is -2.11. The molecule has 1 aromatic rings. The van der Waals surface area contributed by atoms with E-state index in [0.717, 1.165) is 30.5 Å². The molecule has 0 aliphatic heterocycles. The number of hydrogen-bond acceptors (Lipinski definition) is 1. The average molecular weight is 313 g/mol. The number of unbranched alkanes of at least 4 members (excludes halogenated alkanes) is 4. The minimum absolute atomic E-state index is 0.853. The lowest BCUT2D eigenvalue weighted by molar-refractivity contribution is 0.302. The van der Waals surface area contributed by atoms with E-state index in [9.17, 15) is 0 Å². The zero-order chi connectivity index (χ0) is 13.1. The largest absolute Gasteiger partial charge is 0.493 e. The Labute approximate surface area is 120 Å². The molecule has 1 aromatic carbocycles. The Morgan fingerprint density at radius 2 is 1.78 bits per heavy atom. The van der Waals surface area contributed by atoms with Gasteiger partial charge in [-0.2, -0.15) is 0 Å². The molecule has 0 aromatic heterocycles. The van der Waals surface area contributed by atoms with Gasteiger partial charge in [-0.3, -0.25) is 0 Å². The first-order chi connectivity index (χ1) is 8.88. The standard InChI is InChI=1S/C16H25BrO/c1-2-3-10-15-11-6-7-12-16(15)18-14-9-5-4-8-13-17/h6-7,11-12H,2-5,8-10,13-14H2,1H3. The molecule has 102 valence electrons. The van der Waals surface area contributed by atoms with Crippen LogP contribution in [0.2, 0.25) is 0 Å². The minimum Gasteiger partial charge on any atom is -0.493 e. The van der Waals surface area contributed by atoms with Crippen molar-refractivity contribution in [2.75, 3.05) is 11.9 Å². The van der Waals surface area contributed by atoms with E-state index in [2.05, 4.69) is 47.1 Å². The second-order valence-electron chi connectivity index (χ2n) is 4.66. The molecule has 0 atom stereocenters. The first-order valence-corrected chi connectivity index (χ1v) is 8.27. The van der Waals surface area contributed by atoms with E-state index >= 15 is 0 Å². The third-order valence-electron chi connectivity index (χ3n) is 3.06. The molecule has 18 heavy (non-hydrogen) atoms. The SMILES string of the molecule is CCCCc1ccccc1OCCCCCCBr. The molecular formula is C16H25BrO. The molecule has 0 amide bonds. The van der Waals surface area contributed by atoms with Gasteiger partial charge in [0, 0.05) is 5.33 Å². The molecule has 0 aliphatic rings. The van der Waals surface area contributed by atoms with Crippen LogP contribution in [0.25, 0.3) is 0 Å². The van der Waals surface area contributed by atoms with Crippen LogP contribution in [0.3, 0.4) is 0 Å². The summed E-state index contributed by atoms with van der Waals surface area (Å²) in [4.78, 5) is 0. The summed E-state index contributed by atoms with van der Waals surface area (Å²) in [7, 11) is 0. The summed E-state index contributed by atoms with van der Waals surface area (Å²) < 4.78 is 5.90. The number of rotatable bonds is 10. The summed E-state index contributed by atoms with van der Waals surface area (Å²) in [5.41, 5.74) is 1.36. The van der Waals surface area contributed by atoms with E-state index in [4.69, 9.17) is 4.74 Å². The maximum absolute atomic E-state index is 5.90. The van der Waals surface area contributed by atoms with Crippen LogP contribution in [-0.2, 0) is 6.42 Å². The highest BCUT2D eigenvalue weighted by molar-refractivity contribution is 9.09. The maximum atomic E-state index is 5.90. The summed E-state index contributed by atoms with van der Waals surface area (Å²) in [6, 6.07) is 8.46. The fraction of sp³-hybridized carbons (Fsp3) is 0.625. The Bertz CT molecular complexity index is 312. The summed E-state index contributed by atoms with van der Waals surface area (Å²) in [6.45, 7) is 3.08. The Morgan fingerprint density at radius 3 is 2.56 bits per heavy atom. The maximum Gasteiger partial charge on any atom is 0.122 e. The van der Waals surface area contributed by atoms with Crippen molar-refractivity contribution in [2.24, 2.45) is 0 Å². The fourth-order valence-electron chi connectivity index (χ4n) is 1.95. The minimum atomic E-state index is 0.853. The van der Waals surface area contributed by atoms with Gasteiger partial charge in [-0.05, 0) is 37.3 Å². The number of halogens is 1. The molecular weight excluding hydrogens is 288 g/mol. The monoisotopic (exact) mass is 312 g/mol. The predicted molar refractivity (Wildman–Crippen MR) is 82.8 cm³/mol. The molecule has 0 saturated heterocycles. The van der Waals surface area contributed by atoms with Crippen molar-refractivity contribution in [1.82, 2.24) is 0 Å². The van der Waals surface area contributed by atoms with E-state index in [0.29, 0.717) is 0 Å². The smallest absolute Gasteiger partial charge is 0.122 e. The highest BCUT2D eigenvalue weighted by Crippen LogP contribution is 2.20. The number of ether oxygens (including phenoxy) is 1. The molecule has 0 spiro atoms. The third-order valence-corrected chi connectivity index (χ3v) is 3.62. The number of hydrogen-bond donors (Lipinski definition) is 0. The number of alkyl halides is 1. The Balaban J connectivity index is 2.27. The Hall–Kier alpha value is -0.500. The Morgan fingerprint density at radius 1 is 1.00 bits per heavy atom. The molecule has 0 fully saturated rings. The normalized spacial score (nSPS) is 10.6. The van der Waals surface area contributed by atoms with Crippen LogP contribution in [0, 0.1) is 0 Å². The van der Waals surface area contributed by atoms with E-state index in [1.54, 1.807) is 0 Å². The molecule has 1 nitrogen and oxygen atoms in total. The molecule has 0 bridgehead atoms. The van der Waals surface area contributed by atoms with Crippen LogP contribution in [0.5, 0.6) is 5.75 Å². The number of benzene rings is 1. The van der Waals surface area contributed by atoms with Gasteiger partial charge in [0.15, 0.2) is 0 Å². The quantitative estimate of drug-likeness (QED) is 0.417. The highest BCUT2D eigenvalue weighted by atomic mass is 79.9. The lowest BCUT2D eigenvalue weighted by Crippen LogP contribution is -2.00. The average Bonchev–Trinajstić information content (AvgIpc) is 2.41. The third kappa shape index (κ3) is 6.44. The molecule has 2 heteroatoms. The Kier molecular flexibility index (Phi) is 9.01. The van der Waals surface area contributed by atoms with Crippen molar-refractivity contribution in [2.45, 2.75) is 51.9 Å². The first-order valence-electron chi connectivity index (χ1n) is 7.15. The van der Waals surface area contributed by atoms with Gasteiger partial charge in [0.25, 0.3) is 0 Å². The topological polar surface area (TPSA) is 9.23 Å². The predicted octanol–water partition coefficient (Wildman–Crippen LogP) is 5.36. The summed E-state index contributed by atoms with van der Waals surface area (Å²) >= 11 is 3.46. The van der Waals surface area contributed by atoms with Gasteiger partial charge in [-0.1, -0.05) is 60.3 Å². The number of aryl methyl sites for hydroxylation is 1. The second kappa shape index (κ2) is 10.4. The van der Waals surface area contributed by atoms with Gasteiger partial charge in [0.05, 0.1) is 6.61 Å². The van der Waals surface area contributed by atoms with Gasteiger partial charge >= 0.3 is 0 Å². The van der Waals surface area contributed by atoms with Crippen LogP contribution in [0.1, 0.15) is 51.0 Å². The number of para-hydroxylation sites is 1. The highest BCUT2D eigenvalue weighted by Gasteiger charge is 2.02. The summed E-state index contributed by atoms with van der Waals surface area (Å²) in [6.07, 6.45) is 8.61. The van der Waals surface area contributed by atoms with Crippen LogP contribution >= 0.6 is 15.9 Å². The van der Waals surface area contributed by atoms with Crippen molar-refractivity contribution < 1.29 is 4.74 Å². The molecule has 1 rings (SSSR count). The van der Waals surface area contributed by atoms with Crippen LogP contribution in [0.4, 0.5) is 0 Å². The molecule has 0 N–H and O–H groups in total. The van der Waals surface area contributed by atoms with Crippen molar-refractivity contribution in [3.05, 3.63) is 29.8 Å². The molecule has 0 saturated carbocycles. The van der Waals surface area contributed by atoms with Gasteiger partial charge < -0.3 is 4.74 Å². The zero-order valence-corrected chi connectivity index (χ0v) is 13.0. The lowest BCUT2D eigenvalue weighted by atomic mass is 10.1. The van der Waals surface area contributed by atoms with Gasteiger partial charge in [-0.25, -0.2) is 0 Å². The van der Waals surface area contributed by atoms with E-state index in [1.165, 1.54) is 37.7 Å². The van der Waals surface area contributed by atoms with Gasteiger partial charge in [0.1, 0.15) is 5.75 Å². The molecule has 0 unspecified atom stereocenters. The molecule has 0 radical (unpaired) electrons. The van der Waals surface area contributed by atoms with Gasteiger partial charge in [0.2, 0.25) is 0 Å². The zero-order valence-electron chi connectivity index (χ0n) is 11.5. The molecule has 0 heterocycles. The second-order valence-corrected chi connectivity index (χ2v) is 5.46. The van der Waals surface area contributed by atoms with E-state index < -0.39 is 0 Å². The van der Waals surface area contributed by atoms with Crippen LogP contribution < -0.4 is 4.74 Å². The van der Waals surface area contributed by atoms with Crippen molar-refractivity contribution in [3.63, 3.8) is 0 Å². The summed E-state index contributed by atoms with van der Waals surface area (Å²) in [5.74, 6) is 1.09. The van der Waals surface area contributed by atoms with Gasteiger partial charge in [-0.15, -0.1) is 0 Å². The van der Waals surface area contributed by atoms with Crippen molar-refractivity contribution >= 4 is 15.9 Å². The van der Waals surface area contributed by atoms with E-state index in [1.807, 2.05) is 0 Å². The summed E-state index contributed by atoms with van der Waals surface area (Å²) in [5, 5.41) is 1.12. The first kappa shape index (κ1) is 15.6. The molecule has 0 aliphatic carbocycles. The van der Waals surface area contributed by atoms with Crippen LogP contribution in [0.15, 0.2) is 24.3 Å². The van der Waals surface area contributed by atoms with Crippen LogP contribution in [-0.4, -0.2) is 11.9 Å². The fourth-order valence-corrected chi connectivity index (χ4v) is 2.35. The van der Waals surface area contributed by atoms with Crippen molar-refractivity contribution in [3.8, 4) is 5.75 Å².